The zero-order valence-electron chi connectivity index (χ0n) is 13.6. The molecular formula is C18H22N2O4. The molecule has 1 fully saturated rings. The third kappa shape index (κ3) is 4.66. The topological polar surface area (TPSA) is 73.6 Å². The molecule has 1 aromatic carbocycles. The van der Waals surface area contributed by atoms with Gasteiger partial charge in [0.1, 0.15) is 0 Å². The van der Waals surface area contributed by atoms with E-state index in [2.05, 4.69) is 10.5 Å². The molecule has 1 atom stereocenters. The summed E-state index contributed by atoms with van der Waals surface area (Å²) in [5.41, 5.74) is 1.18. The van der Waals surface area contributed by atoms with E-state index in [4.69, 9.17) is 14.0 Å². The molecule has 0 aliphatic carbocycles. The largest absolute Gasteiger partial charge is 0.379 e. The molecule has 1 saturated heterocycles. The van der Waals surface area contributed by atoms with E-state index in [0.29, 0.717) is 25.5 Å². The van der Waals surface area contributed by atoms with E-state index in [0.717, 1.165) is 31.4 Å². The van der Waals surface area contributed by atoms with Crippen LogP contribution in [0.15, 0.2) is 40.9 Å². The Labute approximate surface area is 141 Å². The highest BCUT2D eigenvalue weighted by molar-refractivity contribution is 5.93. The predicted octanol–water partition coefficient (Wildman–Crippen LogP) is 2.66. The smallest absolute Gasteiger partial charge is 0.273 e. The van der Waals surface area contributed by atoms with Gasteiger partial charge >= 0.3 is 0 Å². The minimum atomic E-state index is -0.236. The Kier molecular flexibility index (Phi) is 5.98. The third-order valence-electron chi connectivity index (χ3n) is 3.88. The molecule has 1 amide bonds. The van der Waals surface area contributed by atoms with Gasteiger partial charge in [-0.1, -0.05) is 35.5 Å². The average molecular weight is 330 g/mol. The van der Waals surface area contributed by atoms with Crippen molar-refractivity contribution >= 4 is 5.91 Å². The van der Waals surface area contributed by atoms with Crippen LogP contribution in [-0.2, 0) is 9.47 Å². The Bertz CT molecular complexity index is 635. The summed E-state index contributed by atoms with van der Waals surface area (Å²) in [6.45, 7) is 2.62. The van der Waals surface area contributed by atoms with Gasteiger partial charge in [-0.25, -0.2) is 0 Å². The fraction of sp³-hybridized carbons (Fsp3) is 0.444. The van der Waals surface area contributed by atoms with Crippen LogP contribution in [0.1, 0.15) is 29.8 Å². The van der Waals surface area contributed by atoms with Crippen LogP contribution < -0.4 is 5.32 Å². The average Bonchev–Trinajstić information content (AvgIpc) is 3.30. The molecule has 0 saturated carbocycles. The number of aromatic nitrogens is 1. The van der Waals surface area contributed by atoms with Gasteiger partial charge < -0.3 is 19.3 Å². The molecule has 0 spiro atoms. The highest BCUT2D eigenvalue weighted by atomic mass is 16.5. The second-order valence-electron chi connectivity index (χ2n) is 5.76. The molecule has 0 unspecified atom stereocenters. The van der Waals surface area contributed by atoms with Crippen molar-refractivity contribution < 1.29 is 18.8 Å². The Morgan fingerprint density at radius 1 is 1.33 bits per heavy atom. The highest BCUT2D eigenvalue weighted by Gasteiger charge is 2.15. The first-order valence-electron chi connectivity index (χ1n) is 8.32. The predicted molar refractivity (Wildman–Crippen MR) is 88.7 cm³/mol. The van der Waals surface area contributed by atoms with Gasteiger partial charge in [-0.3, -0.25) is 4.79 Å². The van der Waals surface area contributed by atoms with Gasteiger partial charge in [0.05, 0.1) is 12.7 Å². The number of benzene rings is 1. The molecule has 0 radical (unpaired) electrons. The Morgan fingerprint density at radius 2 is 2.21 bits per heavy atom. The summed E-state index contributed by atoms with van der Waals surface area (Å²) in [4.78, 5) is 12.0. The summed E-state index contributed by atoms with van der Waals surface area (Å²) in [6.07, 6.45) is 3.19. The SMILES string of the molecule is O=C(NCCCOC[C@@H]1CCCO1)c1cc(-c2ccccc2)on1. The summed E-state index contributed by atoms with van der Waals surface area (Å²) in [6, 6.07) is 11.2. The Balaban J connectivity index is 1.35. The maximum atomic E-state index is 12.0. The Morgan fingerprint density at radius 3 is 3.00 bits per heavy atom. The molecule has 6 heteroatoms. The van der Waals surface area contributed by atoms with Crippen molar-refractivity contribution in [2.24, 2.45) is 0 Å². The fourth-order valence-corrected chi connectivity index (χ4v) is 2.58. The van der Waals surface area contributed by atoms with Gasteiger partial charge in [0.2, 0.25) is 0 Å². The second kappa shape index (κ2) is 8.61. The van der Waals surface area contributed by atoms with E-state index < -0.39 is 0 Å². The number of amides is 1. The quantitative estimate of drug-likeness (QED) is 0.753. The van der Waals surface area contributed by atoms with Crippen LogP contribution in [0, 0.1) is 0 Å². The molecule has 1 aromatic heterocycles. The van der Waals surface area contributed by atoms with E-state index in [9.17, 15) is 4.79 Å². The lowest BCUT2D eigenvalue weighted by Crippen LogP contribution is -2.26. The minimum absolute atomic E-state index is 0.236. The maximum absolute atomic E-state index is 12.0. The van der Waals surface area contributed by atoms with Crippen LogP contribution in [0.25, 0.3) is 11.3 Å². The van der Waals surface area contributed by atoms with Crippen LogP contribution in [0.4, 0.5) is 0 Å². The zero-order valence-corrected chi connectivity index (χ0v) is 13.6. The van der Waals surface area contributed by atoms with Crippen LogP contribution in [0.3, 0.4) is 0 Å². The van der Waals surface area contributed by atoms with Crippen molar-refractivity contribution in [3.8, 4) is 11.3 Å². The summed E-state index contributed by atoms with van der Waals surface area (Å²) in [5, 5.41) is 6.64. The standard InChI is InChI=1S/C18H22N2O4/c21-18(19-9-5-10-22-13-15-8-4-11-23-15)16-12-17(24-20-16)14-6-2-1-3-7-14/h1-3,6-7,12,15H,4-5,8-11,13H2,(H,19,21)/t15-/m0/s1. The molecule has 3 rings (SSSR count). The first kappa shape index (κ1) is 16.7. The lowest BCUT2D eigenvalue weighted by atomic mass is 10.1. The van der Waals surface area contributed by atoms with E-state index in [1.54, 1.807) is 6.07 Å². The molecule has 24 heavy (non-hydrogen) atoms. The minimum Gasteiger partial charge on any atom is -0.379 e. The number of carbonyl (C=O) groups is 1. The summed E-state index contributed by atoms with van der Waals surface area (Å²) < 4.78 is 16.3. The molecule has 6 nitrogen and oxygen atoms in total. The molecule has 2 aromatic rings. The second-order valence-corrected chi connectivity index (χ2v) is 5.76. The molecule has 1 N–H and O–H groups in total. The van der Waals surface area contributed by atoms with E-state index in [-0.39, 0.29) is 17.7 Å². The van der Waals surface area contributed by atoms with Crippen molar-refractivity contribution in [2.45, 2.75) is 25.4 Å². The lowest BCUT2D eigenvalue weighted by Gasteiger charge is -2.09. The van der Waals surface area contributed by atoms with Crippen LogP contribution in [0.2, 0.25) is 0 Å². The number of rotatable bonds is 8. The monoisotopic (exact) mass is 330 g/mol. The first-order valence-corrected chi connectivity index (χ1v) is 8.32. The van der Waals surface area contributed by atoms with Crippen LogP contribution >= 0.6 is 0 Å². The van der Waals surface area contributed by atoms with Gasteiger partial charge in [-0.05, 0) is 19.3 Å². The van der Waals surface area contributed by atoms with E-state index in [1.807, 2.05) is 30.3 Å². The summed E-state index contributed by atoms with van der Waals surface area (Å²) in [5.74, 6) is 0.348. The van der Waals surface area contributed by atoms with Gasteiger partial charge in [0, 0.05) is 31.4 Å². The Hall–Kier alpha value is -2.18. The van der Waals surface area contributed by atoms with Crippen molar-refractivity contribution in [1.29, 1.82) is 0 Å². The van der Waals surface area contributed by atoms with Crippen molar-refractivity contribution in [1.82, 2.24) is 10.5 Å². The maximum Gasteiger partial charge on any atom is 0.273 e. The van der Waals surface area contributed by atoms with Crippen LogP contribution in [-0.4, -0.2) is 43.5 Å². The summed E-state index contributed by atoms with van der Waals surface area (Å²) >= 11 is 0. The van der Waals surface area contributed by atoms with Gasteiger partial charge in [-0.15, -0.1) is 0 Å². The number of nitrogens with one attached hydrogen (secondary N) is 1. The highest BCUT2D eigenvalue weighted by Crippen LogP contribution is 2.19. The van der Waals surface area contributed by atoms with E-state index >= 15 is 0 Å². The van der Waals surface area contributed by atoms with Crippen molar-refractivity contribution in [2.75, 3.05) is 26.4 Å². The number of carbonyl (C=O) groups excluding carboxylic acids is 1. The molecule has 0 bridgehead atoms. The number of hydrogen-bond donors (Lipinski definition) is 1. The molecule has 1 aliphatic heterocycles. The molecule has 2 heterocycles. The summed E-state index contributed by atoms with van der Waals surface area (Å²) in [7, 11) is 0. The molecular weight excluding hydrogens is 308 g/mol. The van der Waals surface area contributed by atoms with Crippen LogP contribution in [0.5, 0.6) is 0 Å². The van der Waals surface area contributed by atoms with Gasteiger partial charge in [-0.2, -0.15) is 0 Å². The molecule has 1 aliphatic rings. The van der Waals surface area contributed by atoms with Gasteiger partial charge in [0.25, 0.3) is 5.91 Å². The normalized spacial score (nSPS) is 17.1. The number of ether oxygens (including phenoxy) is 2. The number of hydrogen-bond acceptors (Lipinski definition) is 5. The van der Waals surface area contributed by atoms with Crippen molar-refractivity contribution in [3.63, 3.8) is 0 Å². The lowest BCUT2D eigenvalue weighted by molar-refractivity contribution is 0.0166. The third-order valence-corrected chi connectivity index (χ3v) is 3.88. The molecule has 128 valence electrons. The number of nitrogens with zero attached hydrogens (tertiary/aromatic N) is 1. The van der Waals surface area contributed by atoms with Gasteiger partial charge in [0.15, 0.2) is 11.5 Å². The van der Waals surface area contributed by atoms with E-state index in [1.165, 1.54) is 0 Å². The first-order chi connectivity index (χ1) is 11.8. The van der Waals surface area contributed by atoms with Crippen molar-refractivity contribution in [3.05, 3.63) is 42.1 Å². The zero-order chi connectivity index (χ0) is 16.6. The fourth-order valence-electron chi connectivity index (χ4n) is 2.58.